The Balaban J connectivity index is 0.976. The molecule has 0 atom stereocenters. The molecule has 41 heavy (non-hydrogen) atoms. The van der Waals surface area contributed by atoms with Crippen LogP contribution in [0.3, 0.4) is 0 Å². The number of benzene rings is 2. The number of alkyl halides is 3. The van der Waals surface area contributed by atoms with E-state index in [1.807, 2.05) is 4.90 Å². The summed E-state index contributed by atoms with van der Waals surface area (Å²) < 4.78 is 46.4. The highest BCUT2D eigenvalue weighted by Crippen LogP contribution is 2.28. The Bertz CT molecular complexity index is 1240. The van der Waals surface area contributed by atoms with Gasteiger partial charge in [0.1, 0.15) is 5.75 Å². The summed E-state index contributed by atoms with van der Waals surface area (Å²) in [5.41, 5.74) is 1.94. The molecule has 0 saturated carbocycles. The van der Waals surface area contributed by atoms with Gasteiger partial charge in [-0.1, -0.05) is 35.5 Å². The van der Waals surface area contributed by atoms with Crippen LogP contribution in [0.4, 0.5) is 19.2 Å². The molecular weight excluding hydrogens is 535 g/mol. The number of ether oxygens (including phenoxy) is 1. The zero-order chi connectivity index (χ0) is 28.7. The molecule has 0 bridgehead atoms. The van der Waals surface area contributed by atoms with Gasteiger partial charge in [-0.3, -0.25) is 4.79 Å². The van der Waals surface area contributed by atoms with Gasteiger partial charge in [-0.15, -0.1) is 13.2 Å². The summed E-state index contributed by atoms with van der Waals surface area (Å²) in [7, 11) is 0. The van der Waals surface area contributed by atoms with E-state index in [4.69, 9.17) is 4.52 Å². The fourth-order valence-corrected chi connectivity index (χ4v) is 5.62. The molecule has 2 fully saturated rings. The highest BCUT2D eigenvalue weighted by atomic mass is 19.4. The van der Waals surface area contributed by atoms with Crippen molar-refractivity contribution in [2.45, 2.75) is 44.9 Å². The van der Waals surface area contributed by atoms with E-state index in [2.05, 4.69) is 55.4 Å². The van der Waals surface area contributed by atoms with Gasteiger partial charge in [0.2, 0.25) is 11.7 Å². The molecule has 1 N–H and O–H groups in total. The van der Waals surface area contributed by atoms with Crippen LogP contribution >= 0.6 is 0 Å². The second-order valence-corrected chi connectivity index (χ2v) is 10.9. The van der Waals surface area contributed by atoms with Gasteiger partial charge in [-0.05, 0) is 93.9 Å². The lowest BCUT2D eigenvalue weighted by Crippen LogP contribution is -2.41. The number of aromatic nitrogens is 2. The van der Waals surface area contributed by atoms with Crippen molar-refractivity contribution in [2.24, 2.45) is 11.8 Å². The van der Waals surface area contributed by atoms with Crippen LogP contribution in [0.25, 0.3) is 11.4 Å². The molecule has 3 aromatic rings. The predicted molar refractivity (Wildman–Crippen MR) is 148 cm³/mol. The maximum atomic E-state index is 12.7. The molecule has 220 valence electrons. The number of nitrogens with zero attached hydrogens (tertiary/aromatic N) is 4. The van der Waals surface area contributed by atoms with E-state index in [0.717, 1.165) is 38.4 Å². The second kappa shape index (κ2) is 13.4. The van der Waals surface area contributed by atoms with Crippen molar-refractivity contribution >= 4 is 11.9 Å². The van der Waals surface area contributed by atoms with Crippen LogP contribution in [0, 0.1) is 11.8 Å². The van der Waals surface area contributed by atoms with Gasteiger partial charge in [0, 0.05) is 31.1 Å². The monoisotopic (exact) mass is 571 g/mol. The van der Waals surface area contributed by atoms with Crippen LogP contribution in [0.1, 0.15) is 37.7 Å². The lowest BCUT2D eigenvalue weighted by atomic mass is 9.90. The minimum atomic E-state index is -4.75. The second-order valence-electron chi connectivity index (χ2n) is 10.9. The average molecular weight is 572 g/mol. The van der Waals surface area contributed by atoms with E-state index in [0.29, 0.717) is 44.1 Å². The number of carbonyl (C=O) groups excluding carboxylic acids is 1. The number of likely N-dealkylation sites (tertiary alicyclic amines) is 1. The zero-order valence-corrected chi connectivity index (χ0v) is 23.0. The van der Waals surface area contributed by atoms with Gasteiger partial charge >= 0.3 is 12.4 Å². The van der Waals surface area contributed by atoms with Gasteiger partial charge in [-0.25, -0.2) is 0 Å². The Kier molecular flexibility index (Phi) is 9.43. The molecule has 1 amide bonds. The standard InChI is InChI=1S/C30H36F3N5O3/c31-30(32,33)40-26-9-7-24(8-10-26)27-35-29(41-36-27)38-19-13-25(14-20-38)28(39)34-15-4-16-37-17-11-23(12-18-37)21-22-5-2-1-3-6-22/h1-3,5-10,23,25H,4,11-21H2,(H,34,39). The van der Waals surface area contributed by atoms with Gasteiger partial charge in [0.25, 0.3) is 0 Å². The molecule has 0 radical (unpaired) electrons. The maximum absolute atomic E-state index is 12.7. The summed E-state index contributed by atoms with van der Waals surface area (Å²) >= 11 is 0. The molecule has 11 heteroatoms. The lowest BCUT2D eigenvalue weighted by Gasteiger charge is -2.32. The number of carbonyl (C=O) groups is 1. The molecule has 0 unspecified atom stereocenters. The third kappa shape index (κ3) is 8.45. The Labute approximate surface area is 237 Å². The Morgan fingerprint density at radius 1 is 0.976 bits per heavy atom. The van der Waals surface area contributed by atoms with Crippen molar-refractivity contribution < 1.29 is 27.2 Å². The summed E-state index contributed by atoms with van der Waals surface area (Å²) in [5.74, 6) is 0.761. The first kappa shape index (κ1) is 28.9. The first-order valence-electron chi connectivity index (χ1n) is 14.3. The topological polar surface area (TPSA) is 83.7 Å². The van der Waals surface area contributed by atoms with Crippen molar-refractivity contribution in [3.8, 4) is 17.1 Å². The van der Waals surface area contributed by atoms with E-state index < -0.39 is 6.36 Å². The number of hydrogen-bond donors (Lipinski definition) is 1. The predicted octanol–water partition coefficient (Wildman–Crippen LogP) is 5.31. The molecule has 5 rings (SSSR count). The third-order valence-electron chi connectivity index (χ3n) is 7.92. The van der Waals surface area contributed by atoms with Crippen LogP contribution in [-0.2, 0) is 11.2 Å². The summed E-state index contributed by atoms with van der Waals surface area (Å²) in [6, 6.07) is 16.4. The summed E-state index contributed by atoms with van der Waals surface area (Å²) in [6.45, 7) is 5.15. The minimum absolute atomic E-state index is 0.0523. The molecule has 1 aromatic heterocycles. The fraction of sp³-hybridized carbons (Fsp3) is 0.500. The number of nitrogens with one attached hydrogen (secondary N) is 1. The molecule has 2 aliphatic rings. The van der Waals surface area contributed by atoms with Crippen molar-refractivity contribution in [1.29, 1.82) is 0 Å². The third-order valence-corrected chi connectivity index (χ3v) is 7.92. The summed E-state index contributed by atoms with van der Waals surface area (Å²) in [6.07, 6.45) is 1.18. The van der Waals surface area contributed by atoms with Crippen LogP contribution < -0.4 is 15.0 Å². The molecule has 2 aliphatic heterocycles. The highest BCUT2D eigenvalue weighted by Gasteiger charge is 2.31. The first-order chi connectivity index (χ1) is 19.8. The van der Waals surface area contributed by atoms with E-state index in [9.17, 15) is 18.0 Å². The van der Waals surface area contributed by atoms with Crippen LogP contribution in [0.2, 0.25) is 0 Å². The van der Waals surface area contributed by atoms with Gasteiger partial charge < -0.3 is 24.4 Å². The normalized spacial score (nSPS) is 17.5. The molecule has 0 spiro atoms. The van der Waals surface area contributed by atoms with Gasteiger partial charge in [0.05, 0.1) is 0 Å². The Morgan fingerprint density at radius 2 is 1.68 bits per heavy atom. The maximum Gasteiger partial charge on any atom is 0.573 e. The van der Waals surface area contributed by atoms with Crippen molar-refractivity contribution in [1.82, 2.24) is 20.4 Å². The van der Waals surface area contributed by atoms with Crippen LogP contribution in [-0.4, -0.2) is 66.6 Å². The van der Waals surface area contributed by atoms with E-state index in [1.54, 1.807) is 0 Å². The number of anilines is 1. The SMILES string of the molecule is O=C(NCCCN1CCC(Cc2ccccc2)CC1)C1CCN(c2nc(-c3ccc(OC(F)(F)F)cc3)no2)CC1. The largest absolute Gasteiger partial charge is 0.573 e. The lowest BCUT2D eigenvalue weighted by molar-refractivity contribution is -0.274. The molecule has 3 heterocycles. The number of hydrogen-bond acceptors (Lipinski definition) is 7. The number of rotatable bonds is 10. The Morgan fingerprint density at radius 3 is 2.37 bits per heavy atom. The van der Waals surface area contributed by atoms with Gasteiger partial charge in [0.15, 0.2) is 0 Å². The van der Waals surface area contributed by atoms with Crippen LogP contribution in [0.15, 0.2) is 59.1 Å². The minimum Gasteiger partial charge on any atom is -0.406 e. The van der Waals surface area contributed by atoms with Crippen molar-refractivity contribution in [2.75, 3.05) is 44.2 Å². The van der Waals surface area contributed by atoms with Gasteiger partial charge in [-0.2, -0.15) is 4.98 Å². The smallest absolute Gasteiger partial charge is 0.406 e. The number of halogens is 3. The van der Waals surface area contributed by atoms with Crippen LogP contribution in [0.5, 0.6) is 5.75 Å². The zero-order valence-electron chi connectivity index (χ0n) is 23.0. The molecule has 2 aromatic carbocycles. The average Bonchev–Trinajstić information content (AvgIpc) is 3.47. The van der Waals surface area contributed by atoms with Crippen molar-refractivity contribution in [3.63, 3.8) is 0 Å². The summed E-state index contributed by atoms with van der Waals surface area (Å²) in [4.78, 5) is 21.6. The quantitative estimate of drug-likeness (QED) is 0.330. The fourth-order valence-electron chi connectivity index (χ4n) is 5.62. The number of amides is 1. The van der Waals surface area contributed by atoms with E-state index >= 15 is 0 Å². The molecule has 2 saturated heterocycles. The Hall–Kier alpha value is -3.60. The summed E-state index contributed by atoms with van der Waals surface area (Å²) in [5, 5.41) is 7.07. The molecular formula is C30H36F3N5O3. The first-order valence-corrected chi connectivity index (χ1v) is 14.3. The molecule has 0 aliphatic carbocycles. The van der Waals surface area contributed by atoms with E-state index in [-0.39, 0.29) is 23.4 Å². The van der Waals surface area contributed by atoms with Crippen molar-refractivity contribution in [3.05, 3.63) is 60.2 Å². The molecule has 8 nitrogen and oxygen atoms in total. The van der Waals surface area contributed by atoms with E-state index in [1.165, 1.54) is 42.7 Å². The highest BCUT2D eigenvalue weighted by molar-refractivity contribution is 5.78. The number of piperidine rings is 2.